The van der Waals surface area contributed by atoms with E-state index in [1.54, 1.807) is 25.7 Å². The molecule has 2 heterocycles. The number of nitrogens with zero attached hydrogens (tertiary/aromatic N) is 3. The summed E-state index contributed by atoms with van der Waals surface area (Å²) < 4.78 is 1.65. The molecule has 6 heteroatoms. The molecule has 1 N–H and O–H groups in total. The summed E-state index contributed by atoms with van der Waals surface area (Å²) in [6, 6.07) is 6.98. The molecule has 1 aromatic heterocycles. The summed E-state index contributed by atoms with van der Waals surface area (Å²) in [6.07, 6.45) is 0. The summed E-state index contributed by atoms with van der Waals surface area (Å²) in [5.74, 6) is -1.46. The number of ketones is 1. The summed E-state index contributed by atoms with van der Waals surface area (Å²) >= 11 is 0. The second-order valence-corrected chi connectivity index (χ2v) is 6.49. The first kappa shape index (κ1) is 17.0. The van der Waals surface area contributed by atoms with Crippen LogP contribution in [0.5, 0.6) is 0 Å². The molecule has 25 heavy (non-hydrogen) atoms. The Hall–Kier alpha value is -2.89. The van der Waals surface area contributed by atoms with Gasteiger partial charge in [-0.2, -0.15) is 5.10 Å². The van der Waals surface area contributed by atoms with Crippen LogP contribution in [0.1, 0.15) is 34.1 Å². The zero-order valence-corrected chi connectivity index (χ0v) is 15.0. The fourth-order valence-corrected chi connectivity index (χ4v) is 3.34. The number of Topliss-reactive ketones (excluding diaryl/α,β-unsaturated/α-hetero) is 1. The van der Waals surface area contributed by atoms with Gasteiger partial charge in [-0.05, 0) is 26.3 Å². The number of aliphatic hydroxyl groups is 1. The molecule has 1 aliphatic rings. The molecular weight excluding hydrogens is 318 g/mol. The molecule has 1 aliphatic heterocycles. The lowest BCUT2D eigenvalue weighted by molar-refractivity contribution is -0.139. The Morgan fingerprint density at radius 2 is 1.68 bits per heavy atom. The number of amides is 1. The van der Waals surface area contributed by atoms with Crippen LogP contribution in [0.4, 0.5) is 0 Å². The molecule has 0 bridgehead atoms. The average Bonchev–Trinajstić information content (AvgIpc) is 2.95. The normalized spacial score (nSPS) is 19.7. The first-order valence-corrected chi connectivity index (χ1v) is 8.05. The number of likely N-dealkylation sites (N-methyl/N-ethyl adjacent to an activating group) is 1. The highest BCUT2D eigenvalue weighted by atomic mass is 16.3. The van der Waals surface area contributed by atoms with Gasteiger partial charge in [-0.1, -0.05) is 29.8 Å². The fraction of sp³-hybridized carbons (Fsp3) is 0.316. The molecule has 0 spiro atoms. The standard InChI is InChI=1S/C19H21N3O3/c1-10-6-8-13(9-7-10)16-15(18(24)19(25)21(16)4)17(23)14-11(2)20-22(5)12(14)3/h6-9,16,23H,1-5H3/b17-15+. The number of rotatable bonds is 2. The van der Waals surface area contributed by atoms with Crippen LogP contribution in [-0.2, 0) is 16.6 Å². The fourth-order valence-electron chi connectivity index (χ4n) is 3.34. The molecule has 0 radical (unpaired) electrons. The molecule has 1 atom stereocenters. The van der Waals surface area contributed by atoms with Crippen molar-refractivity contribution in [3.8, 4) is 0 Å². The van der Waals surface area contributed by atoms with Gasteiger partial charge in [0.25, 0.3) is 11.7 Å². The van der Waals surface area contributed by atoms with Crippen molar-refractivity contribution >= 4 is 17.4 Å². The topological polar surface area (TPSA) is 75.4 Å². The smallest absolute Gasteiger partial charge is 0.295 e. The van der Waals surface area contributed by atoms with Crippen LogP contribution in [0, 0.1) is 20.8 Å². The molecule has 0 saturated carbocycles. The minimum Gasteiger partial charge on any atom is -0.507 e. The zero-order valence-electron chi connectivity index (χ0n) is 15.0. The maximum Gasteiger partial charge on any atom is 0.295 e. The van der Waals surface area contributed by atoms with Gasteiger partial charge in [-0.3, -0.25) is 14.3 Å². The van der Waals surface area contributed by atoms with Gasteiger partial charge >= 0.3 is 0 Å². The van der Waals surface area contributed by atoms with Crippen molar-refractivity contribution in [1.29, 1.82) is 0 Å². The Morgan fingerprint density at radius 1 is 1.08 bits per heavy atom. The quantitative estimate of drug-likeness (QED) is 0.518. The SMILES string of the molecule is Cc1ccc(C2/C(=C(\O)c3c(C)nn(C)c3C)C(=O)C(=O)N2C)cc1. The molecular formula is C19H21N3O3. The number of aromatic nitrogens is 2. The van der Waals surface area contributed by atoms with Gasteiger partial charge in [0.05, 0.1) is 22.9 Å². The first-order valence-electron chi connectivity index (χ1n) is 8.05. The van der Waals surface area contributed by atoms with Crippen LogP contribution in [0.2, 0.25) is 0 Å². The van der Waals surface area contributed by atoms with E-state index in [2.05, 4.69) is 5.10 Å². The number of benzene rings is 1. The molecule has 3 rings (SSSR count). The number of carbonyl (C=O) groups excluding carboxylic acids is 2. The Bertz CT molecular complexity index is 907. The van der Waals surface area contributed by atoms with Crippen LogP contribution >= 0.6 is 0 Å². The molecule has 1 fully saturated rings. The molecule has 6 nitrogen and oxygen atoms in total. The highest BCUT2D eigenvalue weighted by molar-refractivity contribution is 6.46. The molecule has 1 saturated heterocycles. The third-order valence-electron chi connectivity index (χ3n) is 4.81. The van der Waals surface area contributed by atoms with Gasteiger partial charge in [0.1, 0.15) is 5.76 Å². The Kier molecular flexibility index (Phi) is 3.99. The van der Waals surface area contributed by atoms with Crippen molar-refractivity contribution in [2.45, 2.75) is 26.8 Å². The second-order valence-electron chi connectivity index (χ2n) is 6.49. The molecule has 2 aromatic rings. The van der Waals surface area contributed by atoms with Crippen LogP contribution in [0.15, 0.2) is 29.8 Å². The van der Waals surface area contributed by atoms with Gasteiger partial charge < -0.3 is 10.0 Å². The molecule has 1 unspecified atom stereocenters. The number of likely N-dealkylation sites (tertiary alicyclic amines) is 1. The lowest BCUT2D eigenvalue weighted by Crippen LogP contribution is -2.24. The number of carbonyl (C=O) groups is 2. The Labute approximate surface area is 146 Å². The third kappa shape index (κ3) is 2.54. The van der Waals surface area contributed by atoms with Crippen LogP contribution in [0.25, 0.3) is 5.76 Å². The van der Waals surface area contributed by atoms with E-state index < -0.39 is 17.7 Å². The zero-order chi connectivity index (χ0) is 18.5. The van der Waals surface area contributed by atoms with Crippen molar-refractivity contribution in [1.82, 2.24) is 14.7 Å². The van der Waals surface area contributed by atoms with E-state index in [0.717, 1.165) is 16.8 Å². The summed E-state index contributed by atoms with van der Waals surface area (Å²) in [5, 5.41) is 15.2. The van der Waals surface area contributed by atoms with E-state index in [9.17, 15) is 14.7 Å². The van der Waals surface area contributed by atoms with Crippen LogP contribution in [0.3, 0.4) is 0 Å². The third-order valence-corrected chi connectivity index (χ3v) is 4.81. The molecule has 1 aromatic carbocycles. The summed E-state index contributed by atoms with van der Waals surface area (Å²) in [5.41, 5.74) is 3.83. The first-order chi connectivity index (χ1) is 11.7. The maximum absolute atomic E-state index is 12.6. The van der Waals surface area contributed by atoms with Crippen LogP contribution in [-0.4, -0.2) is 38.5 Å². The molecule has 1 amide bonds. The summed E-state index contributed by atoms with van der Waals surface area (Å²) in [7, 11) is 3.35. The maximum atomic E-state index is 12.6. The second kappa shape index (κ2) is 5.88. The number of hydrogen-bond acceptors (Lipinski definition) is 4. The number of aryl methyl sites for hydroxylation is 3. The van der Waals surface area contributed by atoms with Gasteiger partial charge in [-0.15, -0.1) is 0 Å². The summed E-state index contributed by atoms with van der Waals surface area (Å²) in [4.78, 5) is 26.2. The van der Waals surface area contributed by atoms with Crippen molar-refractivity contribution in [3.05, 3.63) is 57.9 Å². The average molecular weight is 339 g/mol. The Morgan fingerprint density at radius 3 is 2.20 bits per heavy atom. The van der Waals surface area contributed by atoms with Crippen LogP contribution < -0.4 is 0 Å². The van der Waals surface area contributed by atoms with Crippen molar-refractivity contribution in [2.24, 2.45) is 7.05 Å². The van der Waals surface area contributed by atoms with Gasteiger partial charge in [0.15, 0.2) is 0 Å². The van der Waals surface area contributed by atoms with Gasteiger partial charge in [0.2, 0.25) is 0 Å². The number of hydrogen-bond donors (Lipinski definition) is 1. The van der Waals surface area contributed by atoms with Crippen molar-refractivity contribution in [3.63, 3.8) is 0 Å². The predicted octanol–water partition coefficient (Wildman–Crippen LogP) is 2.40. The highest BCUT2D eigenvalue weighted by Crippen LogP contribution is 2.39. The predicted molar refractivity (Wildman–Crippen MR) is 93.9 cm³/mol. The highest BCUT2D eigenvalue weighted by Gasteiger charge is 2.44. The monoisotopic (exact) mass is 339 g/mol. The van der Waals surface area contributed by atoms with Crippen molar-refractivity contribution < 1.29 is 14.7 Å². The number of aliphatic hydroxyl groups excluding tert-OH is 1. The molecule has 0 aliphatic carbocycles. The Balaban J connectivity index is 2.24. The van der Waals surface area contributed by atoms with E-state index in [-0.39, 0.29) is 11.3 Å². The minimum absolute atomic E-state index is 0.107. The van der Waals surface area contributed by atoms with E-state index in [1.165, 1.54) is 4.90 Å². The lowest BCUT2D eigenvalue weighted by atomic mass is 9.94. The minimum atomic E-state index is -0.673. The van der Waals surface area contributed by atoms with Crippen molar-refractivity contribution in [2.75, 3.05) is 7.05 Å². The van der Waals surface area contributed by atoms with E-state index in [1.807, 2.05) is 38.1 Å². The summed E-state index contributed by atoms with van der Waals surface area (Å²) in [6.45, 7) is 5.55. The van der Waals surface area contributed by atoms with E-state index in [0.29, 0.717) is 11.3 Å². The van der Waals surface area contributed by atoms with Gasteiger partial charge in [0, 0.05) is 19.8 Å². The van der Waals surface area contributed by atoms with Gasteiger partial charge in [-0.25, -0.2) is 0 Å². The largest absolute Gasteiger partial charge is 0.507 e. The molecule has 130 valence electrons. The lowest BCUT2D eigenvalue weighted by Gasteiger charge is -2.21. The van der Waals surface area contributed by atoms with E-state index in [4.69, 9.17) is 0 Å². The van der Waals surface area contributed by atoms with E-state index >= 15 is 0 Å².